The second kappa shape index (κ2) is 12.0. The van der Waals surface area contributed by atoms with Crippen LogP contribution in [0.3, 0.4) is 0 Å². The molecule has 9 heteroatoms. The summed E-state index contributed by atoms with van der Waals surface area (Å²) in [5.74, 6) is 0.266. The van der Waals surface area contributed by atoms with Crippen LogP contribution in [0.2, 0.25) is 0 Å². The number of phenols is 1. The van der Waals surface area contributed by atoms with Crippen molar-refractivity contribution in [2.75, 3.05) is 44.4 Å². The number of hydrazone groups is 1. The van der Waals surface area contributed by atoms with Crippen molar-refractivity contribution in [1.82, 2.24) is 20.5 Å². The third-order valence-electron chi connectivity index (χ3n) is 6.65. The fraction of sp³-hybridized carbons (Fsp3) is 0.407. The van der Waals surface area contributed by atoms with E-state index in [-0.39, 0.29) is 18.4 Å². The van der Waals surface area contributed by atoms with E-state index in [1.54, 1.807) is 17.5 Å². The quantitative estimate of drug-likeness (QED) is 0.389. The lowest BCUT2D eigenvalue weighted by Gasteiger charge is -2.47. The van der Waals surface area contributed by atoms with Crippen LogP contribution in [0.5, 0.6) is 5.75 Å². The molecular weight excluding hydrogens is 454 g/mol. The topological polar surface area (TPSA) is 90.6 Å². The van der Waals surface area contributed by atoms with Crippen molar-refractivity contribution < 1.29 is 9.84 Å². The first-order valence-corrected chi connectivity index (χ1v) is 12.3. The summed E-state index contributed by atoms with van der Waals surface area (Å²) in [7, 11) is 0. The van der Waals surface area contributed by atoms with Crippen molar-refractivity contribution in [2.45, 2.75) is 32.0 Å². The monoisotopic (exact) mass is 489 g/mol. The lowest BCUT2D eigenvalue weighted by Crippen LogP contribution is -2.57. The summed E-state index contributed by atoms with van der Waals surface area (Å²) < 4.78 is 5.23. The number of aromatic hydroxyl groups is 1. The minimum Gasteiger partial charge on any atom is -0.508 e. The van der Waals surface area contributed by atoms with Gasteiger partial charge in [0.25, 0.3) is 0 Å². The number of phenolic OH excluding ortho intramolecular Hbond substituents is 1. The maximum absolute atomic E-state index is 10.3. The van der Waals surface area contributed by atoms with Gasteiger partial charge >= 0.3 is 0 Å². The molecule has 4 rings (SSSR count). The number of nitrogens with zero attached hydrogens (tertiary/aromatic N) is 6. The number of benzene rings is 2. The Morgan fingerprint density at radius 1 is 1.19 bits per heavy atom. The number of rotatable bonds is 10. The van der Waals surface area contributed by atoms with Gasteiger partial charge in [-0.25, -0.2) is 10.1 Å². The molecule has 0 amide bonds. The molecule has 3 unspecified atom stereocenters. The molecule has 1 saturated heterocycles. The van der Waals surface area contributed by atoms with Crippen molar-refractivity contribution in [2.24, 2.45) is 5.10 Å². The molecule has 0 radical (unpaired) electrons. The molecule has 36 heavy (non-hydrogen) atoms. The highest BCUT2D eigenvalue weighted by Gasteiger charge is 2.34. The van der Waals surface area contributed by atoms with Gasteiger partial charge in [-0.1, -0.05) is 30.3 Å². The van der Waals surface area contributed by atoms with Crippen molar-refractivity contribution in [3.8, 4) is 11.8 Å². The molecule has 1 fully saturated rings. The van der Waals surface area contributed by atoms with Gasteiger partial charge in [-0.15, -0.1) is 17.2 Å². The van der Waals surface area contributed by atoms with Crippen molar-refractivity contribution >= 4 is 12.0 Å². The molecule has 0 aromatic heterocycles. The van der Waals surface area contributed by atoms with Gasteiger partial charge in [-0.2, -0.15) is 5.26 Å². The smallest absolute Gasteiger partial charge is 0.133 e. The summed E-state index contributed by atoms with van der Waals surface area (Å²) in [5.41, 5.74) is 6.38. The highest BCUT2D eigenvalue weighted by molar-refractivity contribution is 5.79. The first kappa shape index (κ1) is 25.7. The minimum absolute atomic E-state index is 0.0181. The number of hydrazine groups is 2. The van der Waals surface area contributed by atoms with E-state index in [1.807, 2.05) is 35.4 Å². The number of nitrogens with one attached hydrogen (secondary N) is 1. The van der Waals surface area contributed by atoms with Crippen LogP contribution >= 0.6 is 0 Å². The summed E-state index contributed by atoms with van der Waals surface area (Å²) >= 11 is 0. The molecule has 2 N–H and O–H groups in total. The predicted octanol–water partition coefficient (Wildman–Crippen LogP) is 3.09. The molecule has 0 aliphatic carbocycles. The maximum Gasteiger partial charge on any atom is 0.133 e. The first-order valence-electron chi connectivity index (χ1n) is 12.3. The van der Waals surface area contributed by atoms with Gasteiger partial charge in [0.2, 0.25) is 0 Å². The second-order valence-electron chi connectivity index (χ2n) is 9.26. The normalized spacial score (nSPS) is 21.5. The summed E-state index contributed by atoms with van der Waals surface area (Å²) in [4.78, 5) is 4.99. The van der Waals surface area contributed by atoms with Crippen LogP contribution in [-0.4, -0.2) is 77.8 Å². The van der Waals surface area contributed by atoms with Crippen molar-refractivity contribution in [1.29, 1.82) is 5.26 Å². The Balaban J connectivity index is 1.58. The number of hydrogen-bond acceptors (Lipinski definition) is 9. The Morgan fingerprint density at radius 2 is 1.97 bits per heavy atom. The van der Waals surface area contributed by atoms with E-state index in [9.17, 15) is 5.11 Å². The van der Waals surface area contributed by atoms with E-state index in [4.69, 9.17) is 10.00 Å². The average Bonchev–Trinajstić information content (AvgIpc) is 3.34. The van der Waals surface area contributed by atoms with Crippen LogP contribution in [0.15, 0.2) is 66.3 Å². The van der Waals surface area contributed by atoms with Crippen LogP contribution in [-0.2, 0) is 4.74 Å². The SMILES string of the molecule is C=CCN1CC(C)N(C(c2cccc(O)c2)c2cccc(N3C=NN(CCOCC#N)N3)c2)CC1C. The van der Waals surface area contributed by atoms with E-state index < -0.39 is 0 Å². The van der Waals surface area contributed by atoms with Crippen LogP contribution in [0.4, 0.5) is 5.69 Å². The zero-order chi connectivity index (χ0) is 25.5. The van der Waals surface area contributed by atoms with Crippen molar-refractivity contribution in [3.63, 3.8) is 0 Å². The van der Waals surface area contributed by atoms with Crippen LogP contribution in [0.1, 0.15) is 31.0 Å². The molecule has 2 aliphatic heterocycles. The van der Waals surface area contributed by atoms with Crippen LogP contribution in [0, 0.1) is 11.3 Å². The zero-order valence-electron chi connectivity index (χ0n) is 21.0. The van der Waals surface area contributed by atoms with Gasteiger partial charge in [-0.3, -0.25) is 9.80 Å². The predicted molar refractivity (Wildman–Crippen MR) is 141 cm³/mol. The molecule has 2 aromatic carbocycles. The molecule has 190 valence electrons. The van der Waals surface area contributed by atoms with Gasteiger partial charge in [0, 0.05) is 31.7 Å². The summed E-state index contributed by atoms with van der Waals surface area (Å²) in [6.45, 7) is 12.2. The Labute approximate surface area is 213 Å². The fourth-order valence-electron chi connectivity index (χ4n) is 4.91. The fourth-order valence-corrected chi connectivity index (χ4v) is 4.91. The van der Waals surface area contributed by atoms with E-state index in [0.717, 1.165) is 36.4 Å². The molecule has 2 aromatic rings. The molecule has 9 nitrogen and oxygen atoms in total. The third-order valence-corrected chi connectivity index (χ3v) is 6.65. The highest BCUT2D eigenvalue weighted by atomic mass is 16.5. The largest absolute Gasteiger partial charge is 0.508 e. The molecule has 3 atom stereocenters. The van der Waals surface area contributed by atoms with Crippen molar-refractivity contribution in [3.05, 3.63) is 72.3 Å². The number of piperazine rings is 1. The number of ether oxygens (including phenoxy) is 1. The molecule has 0 saturated carbocycles. The summed E-state index contributed by atoms with van der Waals surface area (Å²) in [6, 6.07) is 18.6. The number of nitriles is 1. The zero-order valence-corrected chi connectivity index (χ0v) is 21.0. The standard InChI is InChI=1S/C27H35N7O2/c1-4-12-31-18-22(3)32(19-21(31)2)27(24-8-6-10-26(35)17-24)23-7-5-9-25(16-23)33-20-29-34(30-33)13-15-36-14-11-28/h4-10,16-17,20-22,27,30,35H,1,12-15,18-19H2,2-3H3. The Hall–Kier alpha value is -3.42. The van der Waals surface area contributed by atoms with Gasteiger partial charge in [-0.05, 0) is 49.2 Å². The summed E-state index contributed by atoms with van der Waals surface area (Å²) in [5, 5.41) is 26.8. The lowest BCUT2D eigenvalue weighted by atomic mass is 9.93. The van der Waals surface area contributed by atoms with Gasteiger partial charge < -0.3 is 9.84 Å². The second-order valence-corrected chi connectivity index (χ2v) is 9.26. The average molecular weight is 490 g/mol. The van der Waals surface area contributed by atoms with Gasteiger partial charge in [0.15, 0.2) is 0 Å². The molecule has 0 spiro atoms. The lowest BCUT2D eigenvalue weighted by molar-refractivity contribution is 0.0306. The van der Waals surface area contributed by atoms with E-state index >= 15 is 0 Å². The Morgan fingerprint density at radius 3 is 2.72 bits per heavy atom. The molecule has 0 bridgehead atoms. The number of hydrogen-bond donors (Lipinski definition) is 2. The van der Waals surface area contributed by atoms with E-state index in [1.165, 1.54) is 0 Å². The Kier molecular flexibility index (Phi) is 8.57. The first-order chi connectivity index (χ1) is 17.5. The highest BCUT2D eigenvalue weighted by Crippen LogP contribution is 2.35. The van der Waals surface area contributed by atoms with Gasteiger partial charge in [0.1, 0.15) is 18.7 Å². The summed E-state index contributed by atoms with van der Waals surface area (Å²) in [6.07, 6.45) is 3.70. The van der Waals surface area contributed by atoms with E-state index in [0.29, 0.717) is 25.2 Å². The Bertz CT molecular complexity index is 1100. The molecule has 2 heterocycles. The van der Waals surface area contributed by atoms with E-state index in [2.05, 4.69) is 65.1 Å². The molecular formula is C27H35N7O2. The third kappa shape index (κ3) is 6.04. The number of anilines is 1. The van der Waals surface area contributed by atoms with Crippen LogP contribution < -0.4 is 10.5 Å². The van der Waals surface area contributed by atoms with Crippen LogP contribution in [0.25, 0.3) is 0 Å². The molecule has 2 aliphatic rings. The minimum atomic E-state index is -0.0181. The maximum atomic E-state index is 10.3. The van der Waals surface area contributed by atoms with Gasteiger partial charge in [0.05, 0.1) is 31.0 Å².